The molecule has 17 heavy (non-hydrogen) atoms. The Kier molecular flexibility index (Phi) is 2.82. The predicted molar refractivity (Wildman–Crippen MR) is 65.8 cm³/mol. The quantitative estimate of drug-likeness (QED) is 0.771. The van der Waals surface area contributed by atoms with Gasteiger partial charge < -0.3 is 10.6 Å². The van der Waals surface area contributed by atoms with Crippen LogP contribution in [0.25, 0.3) is 0 Å². The van der Waals surface area contributed by atoms with Gasteiger partial charge in [0.1, 0.15) is 0 Å². The zero-order valence-corrected chi connectivity index (χ0v) is 9.83. The van der Waals surface area contributed by atoms with Crippen molar-refractivity contribution in [3.05, 3.63) is 34.9 Å². The molecule has 1 aromatic carbocycles. The highest BCUT2D eigenvalue weighted by Gasteiger charge is 2.19. The molecular weight excluding hydrogens is 214 g/mol. The summed E-state index contributed by atoms with van der Waals surface area (Å²) in [5.74, 6) is 0.0636. The van der Waals surface area contributed by atoms with Gasteiger partial charge >= 0.3 is 0 Å². The van der Waals surface area contributed by atoms with Crippen LogP contribution >= 0.6 is 0 Å². The number of nitrogens with one attached hydrogen (secondary N) is 2. The van der Waals surface area contributed by atoms with E-state index in [2.05, 4.69) is 27.7 Å². The van der Waals surface area contributed by atoms with Gasteiger partial charge in [0, 0.05) is 44.8 Å². The van der Waals surface area contributed by atoms with Crippen LogP contribution in [0.4, 0.5) is 0 Å². The van der Waals surface area contributed by atoms with E-state index in [9.17, 15) is 4.79 Å². The fourth-order valence-electron chi connectivity index (χ4n) is 2.51. The second kappa shape index (κ2) is 4.47. The van der Waals surface area contributed by atoms with Crippen molar-refractivity contribution in [1.29, 1.82) is 0 Å². The molecule has 1 amide bonds. The van der Waals surface area contributed by atoms with Gasteiger partial charge in [-0.05, 0) is 17.2 Å². The van der Waals surface area contributed by atoms with Gasteiger partial charge in [0.05, 0.1) is 0 Å². The minimum absolute atomic E-state index is 0.0636. The molecule has 90 valence electrons. The number of nitrogens with zero attached hydrogens (tertiary/aromatic N) is 1. The van der Waals surface area contributed by atoms with Gasteiger partial charge in [0.15, 0.2) is 0 Å². The Hall–Kier alpha value is -1.39. The predicted octanol–water partition coefficient (Wildman–Crippen LogP) is 0.335. The molecule has 2 aliphatic rings. The number of hydrogen-bond donors (Lipinski definition) is 2. The highest BCUT2D eigenvalue weighted by molar-refractivity contribution is 5.98. The molecular formula is C13H17N3O. The van der Waals surface area contributed by atoms with Crippen molar-refractivity contribution in [2.24, 2.45) is 0 Å². The molecule has 2 heterocycles. The summed E-state index contributed by atoms with van der Waals surface area (Å²) < 4.78 is 0. The van der Waals surface area contributed by atoms with Gasteiger partial charge in [-0.15, -0.1) is 0 Å². The topological polar surface area (TPSA) is 44.4 Å². The van der Waals surface area contributed by atoms with E-state index in [4.69, 9.17) is 0 Å². The first-order chi connectivity index (χ1) is 8.33. The lowest BCUT2D eigenvalue weighted by molar-refractivity contribution is 0.0966. The number of carbonyl (C=O) groups excluding carboxylic acids is 1. The number of rotatable bonds is 2. The summed E-state index contributed by atoms with van der Waals surface area (Å²) in [7, 11) is 0. The maximum atomic E-state index is 11.4. The maximum absolute atomic E-state index is 11.4. The number of carbonyl (C=O) groups is 1. The largest absolute Gasteiger partial charge is 0.348 e. The molecule has 0 unspecified atom stereocenters. The lowest BCUT2D eigenvalue weighted by Crippen LogP contribution is -2.42. The molecule has 1 aromatic rings. The third kappa shape index (κ3) is 2.18. The molecule has 0 bridgehead atoms. The summed E-state index contributed by atoms with van der Waals surface area (Å²) in [5, 5.41) is 6.20. The van der Waals surface area contributed by atoms with Crippen molar-refractivity contribution in [3.8, 4) is 0 Å². The molecule has 4 heteroatoms. The Bertz CT molecular complexity index is 438. The van der Waals surface area contributed by atoms with Gasteiger partial charge in [0.25, 0.3) is 5.91 Å². The molecule has 0 radical (unpaired) electrons. The summed E-state index contributed by atoms with van der Waals surface area (Å²) in [6.45, 7) is 6.03. The zero-order chi connectivity index (χ0) is 11.7. The summed E-state index contributed by atoms with van der Waals surface area (Å²) in [6.07, 6.45) is 0. The second-order valence-corrected chi connectivity index (χ2v) is 4.70. The minimum atomic E-state index is 0.0636. The van der Waals surface area contributed by atoms with Crippen LogP contribution in [0, 0.1) is 0 Å². The number of fused-ring (bicyclic) bond motifs is 1. The normalized spacial score (nSPS) is 20.1. The van der Waals surface area contributed by atoms with Crippen molar-refractivity contribution in [3.63, 3.8) is 0 Å². The van der Waals surface area contributed by atoms with Crippen LogP contribution in [0.2, 0.25) is 0 Å². The van der Waals surface area contributed by atoms with Crippen molar-refractivity contribution in [2.45, 2.75) is 13.1 Å². The fourth-order valence-corrected chi connectivity index (χ4v) is 2.51. The van der Waals surface area contributed by atoms with E-state index in [-0.39, 0.29) is 5.91 Å². The van der Waals surface area contributed by atoms with Gasteiger partial charge in [0.2, 0.25) is 0 Å². The van der Waals surface area contributed by atoms with E-state index in [1.807, 2.05) is 6.07 Å². The number of amides is 1. The number of piperazine rings is 1. The average Bonchev–Trinajstić information content (AvgIpc) is 2.72. The molecule has 1 fully saturated rings. The van der Waals surface area contributed by atoms with E-state index in [0.717, 1.165) is 43.9 Å². The van der Waals surface area contributed by atoms with Gasteiger partial charge in [-0.25, -0.2) is 0 Å². The van der Waals surface area contributed by atoms with Crippen LogP contribution in [0.15, 0.2) is 18.2 Å². The highest BCUT2D eigenvalue weighted by Crippen LogP contribution is 2.18. The third-order valence-corrected chi connectivity index (χ3v) is 3.47. The third-order valence-electron chi connectivity index (χ3n) is 3.47. The molecule has 0 aromatic heterocycles. The van der Waals surface area contributed by atoms with Gasteiger partial charge in [-0.3, -0.25) is 9.69 Å². The molecule has 4 nitrogen and oxygen atoms in total. The Balaban J connectivity index is 1.73. The first kappa shape index (κ1) is 10.7. The Morgan fingerprint density at radius 3 is 2.88 bits per heavy atom. The standard InChI is InChI=1S/C13H17N3O/c17-13-12-2-1-10(7-11(12)8-15-13)9-16-5-3-14-4-6-16/h1-2,7,14H,3-6,8-9H2,(H,15,17). The fraction of sp³-hybridized carbons (Fsp3) is 0.462. The first-order valence-electron chi connectivity index (χ1n) is 6.16. The molecule has 0 aliphatic carbocycles. The monoisotopic (exact) mass is 231 g/mol. The second-order valence-electron chi connectivity index (χ2n) is 4.70. The van der Waals surface area contributed by atoms with Crippen LogP contribution in [-0.4, -0.2) is 37.0 Å². The summed E-state index contributed by atoms with van der Waals surface area (Å²) in [6, 6.07) is 6.19. The number of hydrogen-bond acceptors (Lipinski definition) is 3. The van der Waals surface area contributed by atoms with Crippen molar-refractivity contribution >= 4 is 5.91 Å². The maximum Gasteiger partial charge on any atom is 0.251 e. The molecule has 2 N–H and O–H groups in total. The van der Waals surface area contributed by atoms with E-state index >= 15 is 0 Å². The lowest BCUT2D eigenvalue weighted by atomic mass is 10.1. The smallest absolute Gasteiger partial charge is 0.251 e. The van der Waals surface area contributed by atoms with Crippen LogP contribution < -0.4 is 10.6 Å². The molecule has 0 saturated carbocycles. The molecule has 3 rings (SSSR count). The van der Waals surface area contributed by atoms with E-state index in [1.54, 1.807) is 0 Å². The van der Waals surface area contributed by atoms with Crippen LogP contribution in [0.5, 0.6) is 0 Å². The van der Waals surface area contributed by atoms with Crippen LogP contribution in [0.1, 0.15) is 21.5 Å². The zero-order valence-electron chi connectivity index (χ0n) is 9.83. The summed E-state index contributed by atoms with van der Waals surface area (Å²) in [4.78, 5) is 13.9. The minimum Gasteiger partial charge on any atom is -0.348 e. The molecule has 2 aliphatic heterocycles. The Morgan fingerprint density at radius 1 is 1.24 bits per heavy atom. The molecule has 0 spiro atoms. The van der Waals surface area contributed by atoms with Crippen LogP contribution in [0.3, 0.4) is 0 Å². The van der Waals surface area contributed by atoms with E-state index in [1.165, 1.54) is 5.56 Å². The van der Waals surface area contributed by atoms with Crippen molar-refractivity contribution < 1.29 is 4.79 Å². The van der Waals surface area contributed by atoms with Gasteiger partial charge in [-0.1, -0.05) is 12.1 Å². The summed E-state index contributed by atoms with van der Waals surface area (Å²) in [5.41, 5.74) is 3.29. The molecule has 1 saturated heterocycles. The number of benzene rings is 1. The Labute approximate surface area is 101 Å². The van der Waals surface area contributed by atoms with E-state index < -0.39 is 0 Å². The highest BCUT2D eigenvalue weighted by atomic mass is 16.1. The SMILES string of the molecule is O=C1NCc2cc(CN3CCNCC3)ccc21. The van der Waals surface area contributed by atoms with E-state index in [0.29, 0.717) is 6.54 Å². The molecule has 0 atom stereocenters. The van der Waals surface area contributed by atoms with Gasteiger partial charge in [-0.2, -0.15) is 0 Å². The first-order valence-corrected chi connectivity index (χ1v) is 6.16. The summed E-state index contributed by atoms with van der Waals surface area (Å²) >= 11 is 0. The van der Waals surface area contributed by atoms with Crippen molar-refractivity contribution in [1.82, 2.24) is 15.5 Å². The van der Waals surface area contributed by atoms with Crippen molar-refractivity contribution in [2.75, 3.05) is 26.2 Å². The van der Waals surface area contributed by atoms with Crippen LogP contribution in [-0.2, 0) is 13.1 Å². The average molecular weight is 231 g/mol. The Morgan fingerprint density at radius 2 is 2.06 bits per heavy atom. The lowest BCUT2D eigenvalue weighted by Gasteiger charge is -2.27.